The molecule has 0 saturated heterocycles. The van der Waals surface area contributed by atoms with Gasteiger partial charge in [0.05, 0.1) is 55.1 Å². The predicted octanol–water partition coefficient (Wildman–Crippen LogP) is 3.48. The average Bonchev–Trinajstić information content (AvgIpc) is 3.31. The van der Waals surface area contributed by atoms with E-state index >= 15 is 0 Å². The number of nitrogens with zero attached hydrogens (tertiary/aromatic N) is 4. The highest BCUT2D eigenvalue weighted by atomic mass is 35.5. The van der Waals surface area contributed by atoms with Crippen LogP contribution in [-0.2, 0) is 25.6 Å². The molecule has 182 valence electrons. The Morgan fingerprint density at radius 2 is 1.83 bits per heavy atom. The lowest BCUT2D eigenvalue weighted by Crippen LogP contribution is -2.40. The van der Waals surface area contributed by atoms with Crippen molar-refractivity contribution in [2.24, 2.45) is 5.73 Å². The molecule has 2 aromatic carbocycles. The topological polar surface area (TPSA) is 123 Å². The first-order valence-electron chi connectivity index (χ1n) is 10.8. The second-order valence-corrected chi connectivity index (χ2v) is 8.30. The van der Waals surface area contributed by atoms with Crippen LogP contribution in [0.4, 0.5) is 5.69 Å². The molecule has 0 saturated carbocycles. The molecular weight excluding hydrogens is 482 g/mol. The molecule has 3 aromatic rings. The summed E-state index contributed by atoms with van der Waals surface area (Å²) in [6, 6.07) is 18.1. The van der Waals surface area contributed by atoms with E-state index in [1.807, 2.05) is 6.07 Å². The molecule has 1 atom stereocenters. The minimum atomic E-state index is -0.927. The Labute approximate surface area is 212 Å². The summed E-state index contributed by atoms with van der Waals surface area (Å²) in [5.74, 6) is -2.51. The van der Waals surface area contributed by atoms with Gasteiger partial charge in [-0.25, -0.2) is 9.59 Å². The van der Waals surface area contributed by atoms with Crippen molar-refractivity contribution >= 4 is 29.2 Å². The van der Waals surface area contributed by atoms with Crippen LogP contribution >= 0.6 is 11.6 Å². The normalized spacial score (nSPS) is 15.5. The van der Waals surface area contributed by atoms with Crippen molar-refractivity contribution in [3.8, 4) is 6.07 Å². The minimum absolute atomic E-state index is 0.00121. The Morgan fingerprint density at radius 1 is 1.11 bits per heavy atom. The number of allylic oxidation sites excluding steroid dienone is 1. The first-order chi connectivity index (χ1) is 17.4. The summed E-state index contributed by atoms with van der Waals surface area (Å²) in [7, 11) is 2.41. The van der Waals surface area contributed by atoms with Crippen molar-refractivity contribution in [3.05, 3.63) is 106 Å². The molecular formula is C26H22ClN5O4. The Bertz CT molecular complexity index is 1420. The third kappa shape index (κ3) is 4.54. The number of methoxy groups -OCH3 is 2. The van der Waals surface area contributed by atoms with Gasteiger partial charge in [-0.15, -0.1) is 0 Å². The summed E-state index contributed by atoms with van der Waals surface area (Å²) in [6.07, 6.45) is 3.21. The molecule has 0 aliphatic carbocycles. The van der Waals surface area contributed by atoms with Crippen molar-refractivity contribution in [1.29, 1.82) is 5.26 Å². The van der Waals surface area contributed by atoms with Crippen molar-refractivity contribution in [2.45, 2.75) is 12.5 Å². The number of esters is 2. The third-order valence-corrected chi connectivity index (χ3v) is 5.92. The van der Waals surface area contributed by atoms with Crippen molar-refractivity contribution in [3.63, 3.8) is 0 Å². The number of carbonyl (C=O) groups is 2. The zero-order valence-electron chi connectivity index (χ0n) is 19.5. The van der Waals surface area contributed by atoms with Crippen LogP contribution in [0.2, 0.25) is 5.02 Å². The number of benzene rings is 2. The van der Waals surface area contributed by atoms with E-state index in [1.54, 1.807) is 59.4 Å². The summed E-state index contributed by atoms with van der Waals surface area (Å²) in [5, 5.41) is 14.8. The van der Waals surface area contributed by atoms with E-state index in [-0.39, 0.29) is 22.7 Å². The van der Waals surface area contributed by atoms with E-state index in [9.17, 15) is 14.9 Å². The Hall–Kier alpha value is -4.55. The van der Waals surface area contributed by atoms with Crippen LogP contribution in [0.15, 0.2) is 89.7 Å². The first kappa shape index (κ1) is 24.6. The summed E-state index contributed by atoms with van der Waals surface area (Å²) < 4.78 is 11.8. The predicted molar refractivity (Wildman–Crippen MR) is 132 cm³/mol. The number of carbonyl (C=O) groups excluding carboxylic acids is 2. The van der Waals surface area contributed by atoms with E-state index in [1.165, 1.54) is 25.3 Å². The van der Waals surface area contributed by atoms with Gasteiger partial charge in [0.1, 0.15) is 11.5 Å². The summed E-state index contributed by atoms with van der Waals surface area (Å²) >= 11 is 5.98. The van der Waals surface area contributed by atoms with Crippen LogP contribution in [0.1, 0.15) is 17.0 Å². The van der Waals surface area contributed by atoms with Gasteiger partial charge in [-0.2, -0.15) is 10.4 Å². The van der Waals surface area contributed by atoms with Crippen molar-refractivity contribution in [2.75, 3.05) is 19.1 Å². The molecule has 10 heteroatoms. The summed E-state index contributed by atoms with van der Waals surface area (Å²) in [6.45, 7) is 0.386. The molecule has 0 bridgehead atoms. The van der Waals surface area contributed by atoms with Crippen LogP contribution in [0, 0.1) is 11.3 Å². The molecule has 1 aromatic heterocycles. The zero-order chi connectivity index (χ0) is 25.8. The number of hydrogen-bond donors (Lipinski definition) is 1. The monoisotopic (exact) mass is 503 g/mol. The highest BCUT2D eigenvalue weighted by molar-refractivity contribution is 6.30. The summed E-state index contributed by atoms with van der Waals surface area (Å²) in [5.41, 5.74) is 8.32. The minimum Gasteiger partial charge on any atom is -0.466 e. The number of anilines is 1. The lowest BCUT2D eigenvalue weighted by atomic mass is 9.81. The van der Waals surface area contributed by atoms with Gasteiger partial charge >= 0.3 is 11.9 Å². The quantitative estimate of drug-likeness (QED) is 0.507. The highest BCUT2D eigenvalue weighted by Crippen LogP contribution is 2.43. The molecule has 0 amide bonds. The molecule has 0 radical (unpaired) electrons. The average molecular weight is 504 g/mol. The first-order valence-corrected chi connectivity index (χ1v) is 11.2. The Morgan fingerprint density at radius 3 is 2.44 bits per heavy atom. The largest absolute Gasteiger partial charge is 0.466 e. The van der Waals surface area contributed by atoms with E-state index < -0.39 is 17.9 Å². The molecule has 2 N–H and O–H groups in total. The number of ether oxygens (including phenoxy) is 2. The fourth-order valence-electron chi connectivity index (χ4n) is 4.19. The molecule has 0 fully saturated rings. The third-order valence-electron chi connectivity index (χ3n) is 5.73. The Kier molecular flexibility index (Phi) is 7.08. The van der Waals surface area contributed by atoms with Gasteiger partial charge in [0, 0.05) is 11.9 Å². The number of nitrogens with two attached hydrogens (primary N) is 1. The van der Waals surface area contributed by atoms with E-state index in [0.29, 0.717) is 22.8 Å². The maximum Gasteiger partial charge on any atom is 0.355 e. The van der Waals surface area contributed by atoms with E-state index in [2.05, 4.69) is 11.2 Å². The van der Waals surface area contributed by atoms with Crippen molar-refractivity contribution in [1.82, 2.24) is 9.78 Å². The molecule has 36 heavy (non-hydrogen) atoms. The zero-order valence-corrected chi connectivity index (χ0v) is 20.3. The van der Waals surface area contributed by atoms with Gasteiger partial charge in [-0.3, -0.25) is 9.58 Å². The second kappa shape index (κ2) is 10.4. The van der Waals surface area contributed by atoms with Gasteiger partial charge in [0.15, 0.2) is 0 Å². The van der Waals surface area contributed by atoms with E-state index in [4.69, 9.17) is 26.8 Å². The second-order valence-electron chi connectivity index (χ2n) is 7.86. The standard InChI is InChI=1S/C26H22ClN5O4/c1-35-25(33)22-21(17-8-4-3-5-9-17)20(12-28)24(29)32(23(22)26(34)36-2)19-10-6-7-16(11-19)14-31-15-18(27)13-30-31/h3-11,13,15,21H,14,29H2,1-2H3. The van der Waals surface area contributed by atoms with E-state index in [0.717, 1.165) is 5.56 Å². The van der Waals surface area contributed by atoms with Crippen LogP contribution in [0.3, 0.4) is 0 Å². The number of aromatic nitrogens is 2. The highest BCUT2D eigenvalue weighted by Gasteiger charge is 2.43. The van der Waals surface area contributed by atoms with Gasteiger partial charge in [0.25, 0.3) is 0 Å². The van der Waals surface area contributed by atoms with Gasteiger partial charge < -0.3 is 15.2 Å². The fraction of sp³-hybridized carbons (Fsp3) is 0.154. The van der Waals surface area contributed by atoms with Gasteiger partial charge in [0.2, 0.25) is 0 Å². The van der Waals surface area contributed by atoms with Crippen molar-refractivity contribution < 1.29 is 19.1 Å². The molecule has 0 spiro atoms. The fourth-order valence-corrected chi connectivity index (χ4v) is 4.34. The number of rotatable bonds is 6. The number of nitriles is 1. The molecule has 2 heterocycles. The molecule has 9 nitrogen and oxygen atoms in total. The number of hydrogen-bond acceptors (Lipinski definition) is 8. The molecule has 1 aliphatic heterocycles. The molecule has 1 unspecified atom stereocenters. The smallest absolute Gasteiger partial charge is 0.355 e. The van der Waals surface area contributed by atoms with Crippen LogP contribution in [0.5, 0.6) is 0 Å². The maximum absolute atomic E-state index is 13.2. The van der Waals surface area contributed by atoms with Gasteiger partial charge in [-0.05, 0) is 23.3 Å². The maximum atomic E-state index is 13.2. The lowest BCUT2D eigenvalue weighted by molar-refractivity contribution is -0.139. The van der Waals surface area contributed by atoms with Crippen LogP contribution in [0.25, 0.3) is 0 Å². The van der Waals surface area contributed by atoms with Crippen LogP contribution in [-0.4, -0.2) is 35.9 Å². The lowest BCUT2D eigenvalue weighted by Gasteiger charge is -2.36. The van der Waals surface area contributed by atoms with Gasteiger partial charge in [-0.1, -0.05) is 54.1 Å². The SMILES string of the molecule is COC(=O)C1=C(C(=O)OC)N(c2cccc(Cn3cc(Cl)cn3)c2)C(N)=C(C#N)C1c1ccccc1. The van der Waals surface area contributed by atoms with Crippen LogP contribution < -0.4 is 10.6 Å². The molecule has 1 aliphatic rings. The Balaban J connectivity index is 1.94. The number of halogens is 1. The molecule has 4 rings (SSSR count). The summed E-state index contributed by atoms with van der Waals surface area (Å²) in [4.78, 5) is 27.6.